The highest BCUT2D eigenvalue weighted by molar-refractivity contribution is 14.1. The van der Waals surface area contributed by atoms with Gasteiger partial charge in [0.2, 0.25) is 0 Å². The topological polar surface area (TPSA) is 110 Å². The number of aromatic nitrogens is 1. The van der Waals surface area contributed by atoms with Crippen LogP contribution < -0.4 is 21.5 Å². The molecule has 0 aliphatic rings. The molecule has 3 aromatic rings. The lowest BCUT2D eigenvalue weighted by Crippen LogP contribution is -2.13. The molecule has 29 heavy (non-hydrogen) atoms. The van der Waals surface area contributed by atoms with Crippen LogP contribution in [0.15, 0.2) is 48.7 Å². The average Bonchev–Trinajstić information content (AvgIpc) is 2.71. The van der Waals surface area contributed by atoms with Gasteiger partial charge in [0, 0.05) is 18.8 Å². The van der Waals surface area contributed by atoms with Crippen LogP contribution in [-0.4, -0.2) is 17.7 Å². The number of rotatable bonds is 6. The van der Waals surface area contributed by atoms with E-state index in [1.165, 1.54) is 12.1 Å². The molecule has 0 radical (unpaired) electrons. The summed E-state index contributed by atoms with van der Waals surface area (Å²) < 4.78 is 20.0. The first kappa shape index (κ1) is 20.8. The minimum absolute atomic E-state index is 0.206. The third-order valence-electron chi connectivity index (χ3n) is 4.51. The van der Waals surface area contributed by atoms with E-state index in [1.807, 2.05) is 6.92 Å². The van der Waals surface area contributed by atoms with Crippen LogP contribution >= 0.6 is 22.6 Å². The lowest BCUT2D eigenvalue weighted by atomic mass is 10.0. The molecule has 2 aromatic carbocycles. The maximum absolute atomic E-state index is 13.2. The van der Waals surface area contributed by atoms with Crippen molar-refractivity contribution in [1.82, 2.24) is 4.98 Å². The van der Waals surface area contributed by atoms with E-state index in [0.717, 1.165) is 14.8 Å². The first-order valence-corrected chi connectivity index (χ1v) is 9.92. The van der Waals surface area contributed by atoms with Gasteiger partial charge in [0.1, 0.15) is 23.5 Å². The Morgan fingerprint density at radius 2 is 1.90 bits per heavy atom. The zero-order valence-corrected chi connectivity index (χ0v) is 18.1. The van der Waals surface area contributed by atoms with Crippen LogP contribution in [0.3, 0.4) is 0 Å². The molecule has 1 atom stereocenters. The number of nitrogens with two attached hydrogens (primary N) is 2. The molecule has 0 saturated carbocycles. The highest BCUT2D eigenvalue weighted by atomic mass is 127. The summed E-state index contributed by atoms with van der Waals surface area (Å²) in [5, 5.41) is 11.8. The van der Waals surface area contributed by atoms with Gasteiger partial charge >= 0.3 is 0 Å². The Labute approximate surface area is 182 Å². The first-order valence-electron chi connectivity index (χ1n) is 8.84. The molecule has 0 bridgehead atoms. The standard InChI is InChI=1S/C21H21FIN5O/c1-11(12-3-6-14(22)7-4-12)29-17-9-13(5-8-16(17)24)19(25)18-20(27-2)15(23)10-28-21(18)26/h3-11,25H,24H2,1-2H3,(H3,26,27,28)/t11-/m0/s1. The molecule has 0 unspecified atom stereocenters. The summed E-state index contributed by atoms with van der Waals surface area (Å²) in [6.07, 6.45) is 1.31. The van der Waals surface area contributed by atoms with Gasteiger partial charge in [-0.2, -0.15) is 0 Å². The molecule has 0 fully saturated rings. The maximum atomic E-state index is 13.2. The summed E-state index contributed by atoms with van der Waals surface area (Å²) >= 11 is 2.14. The minimum atomic E-state index is -0.348. The zero-order valence-electron chi connectivity index (χ0n) is 16.0. The third-order valence-corrected chi connectivity index (χ3v) is 5.33. The predicted octanol–water partition coefficient (Wildman–Crippen LogP) is 4.59. The van der Waals surface area contributed by atoms with Gasteiger partial charge in [0.05, 0.1) is 26.2 Å². The molecule has 0 aliphatic heterocycles. The number of ether oxygens (including phenoxy) is 1. The van der Waals surface area contributed by atoms with E-state index < -0.39 is 0 Å². The Balaban J connectivity index is 1.94. The van der Waals surface area contributed by atoms with E-state index in [0.29, 0.717) is 22.6 Å². The number of hydrogen-bond acceptors (Lipinski definition) is 6. The van der Waals surface area contributed by atoms with Crippen molar-refractivity contribution in [3.05, 3.63) is 74.7 Å². The average molecular weight is 505 g/mol. The number of anilines is 3. The first-order chi connectivity index (χ1) is 13.8. The van der Waals surface area contributed by atoms with E-state index in [2.05, 4.69) is 32.9 Å². The lowest BCUT2D eigenvalue weighted by Gasteiger charge is -2.19. The summed E-state index contributed by atoms with van der Waals surface area (Å²) in [7, 11) is 1.77. The molecule has 8 heteroatoms. The maximum Gasteiger partial charge on any atom is 0.143 e. The Hall–Kier alpha value is -2.88. The molecule has 0 spiro atoms. The van der Waals surface area contributed by atoms with E-state index in [4.69, 9.17) is 21.6 Å². The fraction of sp³-hybridized carbons (Fsp3) is 0.143. The fourth-order valence-corrected chi connectivity index (χ4v) is 3.61. The molecular weight excluding hydrogens is 484 g/mol. The van der Waals surface area contributed by atoms with Gasteiger partial charge in [-0.1, -0.05) is 18.2 Å². The molecule has 6 N–H and O–H groups in total. The molecule has 0 aliphatic carbocycles. The second-order valence-electron chi connectivity index (χ2n) is 6.43. The molecule has 150 valence electrons. The number of halogens is 2. The zero-order chi connectivity index (χ0) is 21.1. The van der Waals surface area contributed by atoms with Gasteiger partial charge in [-0.05, 0) is 59.3 Å². The monoisotopic (exact) mass is 505 g/mol. The van der Waals surface area contributed by atoms with Crippen LogP contribution in [0.5, 0.6) is 5.75 Å². The SMILES string of the molecule is CNc1c(I)cnc(N)c1C(=N)c1ccc(N)c(O[C@@H](C)c2ccc(F)cc2)c1. The van der Waals surface area contributed by atoms with Crippen LogP contribution in [0.2, 0.25) is 0 Å². The molecule has 3 rings (SSSR count). The highest BCUT2D eigenvalue weighted by Gasteiger charge is 2.19. The molecule has 0 amide bonds. The van der Waals surface area contributed by atoms with Gasteiger partial charge in [0.25, 0.3) is 0 Å². The fourth-order valence-electron chi connectivity index (χ4n) is 2.93. The molecule has 1 aromatic heterocycles. The number of nitrogens with one attached hydrogen (secondary N) is 2. The van der Waals surface area contributed by atoms with Crippen molar-refractivity contribution in [2.24, 2.45) is 0 Å². The van der Waals surface area contributed by atoms with Gasteiger partial charge in [-0.25, -0.2) is 9.37 Å². The van der Waals surface area contributed by atoms with Crippen molar-refractivity contribution in [2.45, 2.75) is 13.0 Å². The van der Waals surface area contributed by atoms with Crippen molar-refractivity contribution in [1.29, 1.82) is 5.41 Å². The third kappa shape index (κ3) is 4.42. The normalized spacial score (nSPS) is 11.7. The summed E-state index contributed by atoms with van der Waals surface area (Å²) in [4.78, 5) is 4.17. The van der Waals surface area contributed by atoms with Crippen LogP contribution in [0, 0.1) is 14.8 Å². The van der Waals surface area contributed by atoms with Crippen molar-refractivity contribution in [3.8, 4) is 5.75 Å². The number of hydrogen-bond donors (Lipinski definition) is 4. The van der Waals surface area contributed by atoms with E-state index in [1.54, 1.807) is 43.6 Å². The predicted molar refractivity (Wildman–Crippen MR) is 123 cm³/mol. The Bertz CT molecular complexity index is 1060. The minimum Gasteiger partial charge on any atom is -0.484 e. The van der Waals surface area contributed by atoms with Crippen molar-refractivity contribution < 1.29 is 9.13 Å². The quantitative estimate of drug-likeness (QED) is 0.223. The second-order valence-corrected chi connectivity index (χ2v) is 7.59. The molecule has 1 heterocycles. The van der Waals surface area contributed by atoms with Crippen LogP contribution in [0.1, 0.15) is 29.7 Å². The largest absolute Gasteiger partial charge is 0.484 e. The summed E-state index contributed by atoms with van der Waals surface area (Å²) in [5.41, 5.74) is 15.4. The van der Waals surface area contributed by atoms with E-state index in [9.17, 15) is 4.39 Å². The van der Waals surface area contributed by atoms with Crippen molar-refractivity contribution in [3.63, 3.8) is 0 Å². The lowest BCUT2D eigenvalue weighted by molar-refractivity contribution is 0.228. The van der Waals surface area contributed by atoms with E-state index in [-0.39, 0.29) is 23.5 Å². The summed E-state index contributed by atoms with van der Waals surface area (Å²) in [6, 6.07) is 11.2. The Morgan fingerprint density at radius 1 is 1.21 bits per heavy atom. The molecular formula is C21H21FIN5O. The highest BCUT2D eigenvalue weighted by Crippen LogP contribution is 2.32. The van der Waals surface area contributed by atoms with Gasteiger partial charge in [-0.3, -0.25) is 5.41 Å². The van der Waals surface area contributed by atoms with E-state index >= 15 is 0 Å². The smallest absolute Gasteiger partial charge is 0.143 e. The van der Waals surface area contributed by atoms with Crippen LogP contribution in [-0.2, 0) is 0 Å². The molecule has 6 nitrogen and oxygen atoms in total. The summed E-state index contributed by atoms with van der Waals surface area (Å²) in [6.45, 7) is 1.85. The number of nitrogens with zero attached hydrogens (tertiary/aromatic N) is 1. The van der Waals surface area contributed by atoms with Crippen LogP contribution in [0.4, 0.5) is 21.6 Å². The number of benzene rings is 2. The Kier molecular flexibility index (Phi) is 6.21. The van der Waals surface area contributed by atoms with Gasteiger partial charge < -0.3 is 21.5 Å². The van der Waals surface area contributed by atoms with Crippen molar-refractivity contribution in [2.75, 3.05) is 23.8 Å². The van der Waals surface area contributed by atoms with Gasteiger partial charge in [0.15, 0.2) is 0 Å². The number of nitrogen functional groups attached to an aromatic ring is 2. The second kappa shape index (κ2) is 8.64. The summed E-state index contributed by atoms with van der Waals surface area (Å²) in [5.74, 6) is 0.394. The number of pyridine rings is 1. The van der Waals surface area contributed by atoms with Crippen LogP contribution in [0.25, 0.3) is 0 Å². The molecule has 0 saturated heterocycles. The Morgan fingerprint density at radius 3 is 2.55 bits per heavy atom. The van der Waals surface area contributed by atoms with Crippen molar-refractivity contribution >= 4 is 45.5 Å². The van der Waals surface area contributed by atoms with Gasteiger partial charge in [-0.15, -0.1) is 0 Å².